The molecule has 23 heavy (non-hydrogen) atoms. The van der Waals surface area contributed by atoms with Gasteiger partial charge in [-0.15, -0.1) is 0 Å². The van der Waals surface area contributed by atoms with Gasteiger partial charge in [0.15, 0.2) is 0 Å². The van der Waals surface area contributed by atoms with Crippen molar-refractivity contribution < 1.29 is 9.59 Å². The zero-order valence-electron chi connectivity index (χ0n) is 13.1. The molecule has 0 spiro atoms. The van der Waals surface area contributed by atoms with Crippen LogP contribution in [-0.2, 0) is 4.79 Å². The Labute approximate surface area is 140 Å². The summed E-state index contributed by atoms with van der Waals surface area (Å²) in [5.74, 6) is -0.516. The first-order chi connectivity index (χ1) is 11.0. The van der Waals surface area contributed by atoms with E-state index in [0.29, 0.717) is 10.6 Å². The Morgan fingerprint density at radius 3 is 2.57 bits per heavy atom. The van der Waals surface area contributed by atoms with Crippen LogP contribution in [0.5, 0.6) is 0 Å². The number of carbonyl (C=O) groups excluding carboxylic acids is 2. The smallest absolute Gasteiger partial charge is 0.251 e. The Kier molecular flexibility index (Phi) is 5.77. The van der Waals surface area contributed by atoms with E-state index in [2.05, 4.69) is 10.6 Å². The van der Waals surface area contributed by atoms with Crippen molar-refractivity contribution in [3.05, 3.63) is 70.2 Å². The molecule has 2 aromatic carbocycles. The number of nitrogens with one attached hydrogen (secondary N) is 2. The molecule has 0 heterocycles. The van der Waals surface area contributed by atoms with E-state index in [9.17, 15) is 9.59 Å². The fourth-order valence-electron chi connectivity index (χ4n) is 2.20. The van der Waals surface area contributed by atoms with Crippen LogP contribution in [0.1, 0.15) is 34.5 Å². The third-order valence-corrected chi connectivity index (χ3v) is 3.65. The van der Waals surface area contributed by atoms with Crippen molar-refractivity contribution in [2.75, 3.05) is 6.54 Å². The molecule has 2 aromatic rings. The molecular formula is C18H19ClN2O2. The fourth-order valence-corrected chi connectivity index (χ4v) is 2.40. The van der Waals surface area contributed by atoms with Crippen molar-refractivity contribution in [3.63, 3.8) is 0 Å². The summed E-state index contributed by atoms with van der Waals surface area (Å²) >= 11 is 5.94. The number of hydrogen-bond acceptors (Lipinski definition) is 2. The molecule has 0 aliphatic rings. The summed E-state index contributed by atoms with van der Waals surface area (Å²) in [6.07, 6.45) is 0. The van der Waals surface area contributed by atoms with Crippen LogP contribution in [0, 0.1) is 6.92 Å². The van der Waals surface area contributed by atoms with Crippen molar-refractivity contribution >= 4 is 23.4 Å². The Hall–Kier alpha value is -2.33. The van der Waals surface area contributed by atoms with E-state index in [4.69, 9.17) is 11.6 Å². The van der Waals surface area contributed by atoms with Gasteiger partial charge in [0.05, 0.1) is 12.6 Å². The molecule has 2 amide bonds. The van der Waals surface area contributed by atoms with Crippen molar-refractivity contribution in [2.45, 2.75) is 19.9 Å². The fraction of sp³-hybridized carbons (Fsp3) is 0.222. The second kappa shape index (κ2) is 7.79. The van der Waals surface area contributed by atoms with E-state index in [1.165, 1.54) is 0 Å². The Morgan fingerprint density at radius 1 is 1.13 bits per heavy atom. The highest BCUT2D eigenvalue weighted by Crippen LogP contribution is 2.17. The maximum atomic E-state index is 12.0. The lowest BCUT2D eigenvalue weighted by Gasteiger charge is -2.15. The molecule has 0 aliphatic heterocycles. The van der Waals surface area contributed by atoms with E-state index in [1.54, 1.807) is 24.3 Å². The van der Waals surface area contributed by atoms with Gasteiger partial charge in [0.25, 0.3) is 5.91 Å². The first kappa shape index (κ1) is 17.0. The lowest BCUT2D eigenvalue weighted by molar-refractivity contribution is -0.120. The number of halogens is 1. The predicted octanol–water partition coefficient (Wildman–Crippen LogP) is 3.26. The summed E-state index contributed by atoms with van der Waals surface area (Å²) in [4.78, 5) is 23.9. The van der Waals surface area contributed by atoms with Crippen molar-refractivity contribution in [1.82, 2.24) is 10.6 Å². The summed E-state index contributed by atoms with van der Waals surface area (Å²) in [7, 11) is 0. The molecule has 2 rings (SSSR count). The average Bonchev–Trinajstić information content (AvgIpc) is 2.52. The number of amides is 2. The van der Waals surface area contributed by atoms with Gasteiger partial charge >= 0.3 is 0 Å². The molecule has 5 heteroatoms. The minimum Gasteiger partial charge on any atom is -0.348 e. The largest absolute Gasteiger partial charge is 0.348 e. The molecule has 0 saturated heterocycles. The van der Waals surface area contributed by atoms with Crippen molar-refractivity contribution in [2.24, 2.45) is 0 Å². The molecule has 0 aliphatic carbocycles. The zero-order valence-corrected chi connectivity index (χ0v) is 13.9. The van der Waals surface area contributed by atoms with Gasteiger partial charge in [0.2, 0.25) is 5.91 Å². The van der Waals surface area contributed by atoms with Gasteiger partial charge in [-0.1, -0.05) is 41.4 Å². The second-order valence-electron chi connectivity index (χ2n) is 5.40. The first-order valence-corrected chi connectivity index (χ1v) is 7.73. The molecule has 0 aromatic heterocycles. The highest BCUT2D eigenvalue weighted by atomic mass is 35.5. The molecule has 0 radical (unpaired) electrons. The lowest BCUT2D eigenvalue weighted by atomic mass is 10.1. The maximum Gasteiger partial charge on any atom is 0.251 e. The van der Waals surface area contributed by atoms with Crippen LogP contribution in [0.4, 0.5) is 0 Å². The van der Waals surface area contributed by atoms with Gasteiger partial charge in [-0.3, -0.25) is 9.59 Å². The highest BCUT2D eigenvalue weighted by Gasteiger charge is 2.12. The van der Waals surface area contributed by atoms with Gasteiger partial charge in [0.1, 0.15) is 0 Å². The number of benzene rings is 2. The molecule has 4 nitrogen and oxygen atoms in total. The van der Waals surface area contributed by atoms with Crippen LogP contribution in [0.2, 0.25) is 5.02 Å². The van der Waals surface area contributed by atoms with Crippen LogP contribution < -0.4 is 10.6 Å². The van der Waals surface area contributed by atoms with Crippen molar-refractivity contribution in [3.8, 4) is 0 Å². The third kappa shape index (κ3) is 5.11. The van der Waals surface area contributed by atoms with Crippen LogP contribution in [0.3, 0.4) is 0 Å². The maximum absolute atomic E-state index is 12.0. The molecule has 2 N–H and O–H groups in total. The molecular weight excluding hydrogens is 312 g/mol. The molecule has 1 atom stereocenters. The number of carbonyl (C=O) groups is 2. The summed E-state index contributed by atoms with van der Waals surface area (Å²) in [5, 5.41) is 6.07. The van der Waals surface area contributed by atoms with Crippen LogP contribution in [0.15, 0.2) is 48.5 Å². The Balaban J connectivity index is 1.86. The van der Waals surface area contributed by atoms with E-state index >= 15 is 0 Å². The van der Waals surface area contributed by atoms with Crippen LogP contribution in [-0.4, -0.2) is 18.4 Å². The van der Waals surface area contributed by atoms with E-state index < -0.39 is 0 Å². The molecule has 1 unspecified atom stereocenters. The minimum atomic E-state index is -0.265. The molecule has 0 fully saturated rings. The summed E-state index contributed by atoms with van der Waals surface area (Å²) in [5.41, 5.74) is 2.45. The topological polar surface area (TPSA) is 58.2 Å². The van der Waals surface area contributed by atoms with Gasteiger partial charge in [-0.2, -0.15) is 0 Å². The van der Waals surface area contributed by atoms with Gasteiger partial charge in [-0.05, 0) is 43.7 Å². The van der Waals surface area contributed by atoms with Gasteiger partial charge in [0, 0.05) is 10.6 Å². The second-order valence-corrected chi connectivity index (χ2v) is 5.83. The summed E-state index contributed by atoms with van der Waals surface area (Å²) in [6.45, 7) is 3.71. The predicted molar refractivity (Wildman–Crippen MR) is 91.5 cm³/mol. The number of hydrogen-bond donors (Lipinski definition) is 2. The van der Waals surface area contributed by atoms with E-state index in [-0.39, 0.29) is 24.4 Å². The number of rotatable bonds is 5. The normalized spacial score (nSPS) is 11.6. The van der Waals surface area contributed by atoms with Crippen LogP contribution >= 0.6 is 11.6 Å². The van der Waals surface area contributed by atoms with Crippen molar-refractivity contribution in [1.29, 1.82) is 0 Å². The lowest BCUT2D eigenvalue weighted by Crippen LogP contribution is -2.38. The molecule has 0 saturated carbocycles. The van der Waals surface area contributed by atoms with Gasteiger partial charge < -0.3 is 10.6 Å². The minimum absolute atomic E-state index is 0.0717. The molecule has 0 bridgehead atoms. The highest BCUT2D eigenvalue weighted by molar-refractivity contribution is 6.30. The standard InChI is InChI=1S/C18H19ClN2O2/c1-12-5-3-7-15(9-12)18(23)20-11-17(22)21-13(2)14-6-4-8-16(19)10-14/h3-10,13H,11H2,1-2H3,(H,20,23)(H,21,22). The zero-order chi connectivity index (χ0) is 16.8. The average molecular weight is 331 g/mol. The van der Waals surface area contributed by atoms with E-state index in [1.807, 2.05) is 38.1 Å². The number of aryl methyl sites for hydroxylation is 1. The first-order valence-electron chi connectivity index (χ1n) is 7.35. The third-order valence-electron chi connectivity index (χ3n) is 3.42. The van der Waals surface area contributed by atoms with Gasteiger partial charge in [-0.25, -0.2) is 0 Å². The van der Waals surface area contributed by atoms with Crippen LogP contribution in [0.25, 0.3) is 0 Å². The Morgan fingerprint density at radius 2 is 1.87 bits per heavy atom. The van der Waals surface area contributed by atoms with E-state index in [0.717, 1.165) is 11.1 Å². The molecule has 120 valence electrons. The Bertz CT molecular complexity index is 716. The SMILES string of the molecule is Cc1cccc(C(=O)NCC(=O)NC(C)c2cccc(Cl)c2)c1. The quantitative estimate of drug-likeness (QED) is 0.884. The summed E-state index contributed by atoms with van der Waals surface area (Å²) in [6, 6.07) is 14.3. The summed E-state index contributed by atoms with van der Waals surface area (Å²) < 4.78 is 0. The monoisotopic (exact) mass is 330 g/mol.